The van der Waals surface area contributed by atoms with Gasteiger partial charge < -0.3 is 5.32 Å². The van der Waals surface area contributed by atoms with E-state index in [4.69, 9.17) is 23.2 Å². The Morgan fingerprint density at radius 2 is 1.70 bits per heavy atom. The molecule has 2 N–H and O–H groups in total. The molecule has 1 aromatic carbocycles. The average Bonchev–Trinajstić information content (AvgIpc) is 3.20. The number of amides is 5. The van der Waals surface area contributed by atoms with Gasteiger partial charge in [-0.15, -0.1) is 11.3 Å². The molecule has 5 amide bonds. The summed E-state index contributed by atoms with van der Waals surface area (Å²) in [5, 5.41) is 6.83. The van der Waals surface area contributed by atoms with Gasteiger partial charge in [-0.05, 0) is 30.0 Å². The number of carbonyl (C=O) groups excluding carboxylic acids is 4. The Balaban J connectivity index is 1.54. The Kier molecular flexibility index (Phi) is 5.79. The molecule has 1 aliphatic rings. The van der Waals surface area contributed by atoms with Crippen LogP contribution in [-0.2, 0) is 11.2 Å². The van der Waals surface area contributed by atoms with Gasteiger partial charge in [0.25, 0.3) is 11.8 Å². The van der Waals surface area contributed by atoms with E-state index in [9.17, 15) is 19.2 Å². The Bertz CT molecular complexity index is 890. The Labute approximate surface area is 168 Å². The van der Waals surface area contributed by atoms with Crippen molar-refractivity contribution in [3.63, 3.8) is 0 Å². The second kappa shape index (κ2) is 8.08. The maximum atomic E-state index is 12.3. The zero-order valence-electron chi connectivity index (χ0n) is 13.8. The third kappa shape index (κ3) is 4.29. The van der Waals surface area contributed by atoms with E-state index in [-0.39, 0.29) is 21.2 Å². The van der Waals surface area contributed by atoms with E-state index in [0.29, 0.717) is 13.0 Å². The predicted octanol–water partition coefficient (Wildman–Crippen LogP) is 2.72. The number of thiophene rings is 1. The first-order chi connectivity index (χ1) is 12.9. The number of nitrogens with zero attached hydrogens (tertiary/aromatic N) is 1. The number of hydrogen-bond donors (Lipinski definition) is 2. The Hall–Kier alpha value is -2.42. The maximum absolute atomic E-state index is 12.3. The summed E-state index contributed by atoms with van der Waals surface area (Å²) in [6.07, 6.45) is 0.638. The molecule has 2 aromatic rings. The van der Waals surface area contributed by atoms with Crippen LogP contribution in [-0.4, -0.2) is 41.7 Å². The Morgan fingerprint density at radius 1 is 1.07 bits per heavy atom. The number of urea groups is 1. The van der Waals surface area contributed by atoms with Gasteiger partial charge in [0, 0.05) is 11.4 Å². The van der Waals surface area contributed by atoms with Crippen molar-refractivity contribution in [2.45, 2.75) is 6.42 Å². The number of imide groups is 2. The van der Waals surface area contributed by atoms with E-state index in [2.05, 4.69) is 10.6 Å². The first-order valence-corrected chi connectivity index (χ1v) is 9.45. The van der Waals surface area contributed by atoms with Gasteiger partial charge in [0.2, 0.25) is 5.91 Å². The summed E-state index contributed by atoms with van der Waals surface area (Å²) in [5.41, 5.74) is 0.144. The molecule has 0 saturated heterocycles. The van der Waals surface area contributed by atoms with Gasteiger partial charge in [0.05, 0.1) is 21.2 Å². The second-order valence-electron chi connectivity index (χ2n) is 5.64. The molecule has 10 heteroatoms. The molecule has 7 nitrogen and oxygen atoms in total. The van der Waals surface area contributed by atoms with Crippen LogP contribution >= 0.6 is 34.5 Å². The number of benzene rings is 1. The SMILES string of the molecule is O=C(CN1C(=O)c2cc(Cl)c(Cl)cc2C1=O)NC(=O)NCCc1cccs1. The van der Waals surface area contributed by atoms with Gasteiger partial charge >= 0.3 is 6.03 Å². The largest absolute Gasteiger partial charge is 0.337 e. The van der Waals surface area contributed by atoms with E-state index in [0.717, 1.165) is 9.78 Å². The fourth-order valence-corrected chi connectivity index (χ4v) is 3.57. The van der Waals surface area contributed by atoms with Crippen molar-refractivity contribution in [2.75, 3.05) is 13.1 Å². The first-order valence-electron chi connectivity index (χ1n) is 7.82. The molecule has 1 aromatic heterocycles. The number of hydrogen-bond acceptors (Lipinski definition) is 5. The third-order valence-corrected chi connectivity index (χ3v) is 5.46. The number of halogens is 2. The van der Waals surface area contributed by atoms with Gasteiger partial charge in [0.1, 0.15) is 6.54 Å². The molecule has 27 heavy (non-hydrogen) atoms. The lowest BCUT2D eigenvalue weighted by molar-refractivity contribution is -0.120. The molecule has 0 unspecified atom stereocenters. The molecule has 1 aliphatic heterocycles. The van der Waals surface area contributed by atoms with Gasteiger partial charge in [-0.3, -0.25) is 24.6 Å². The number of fused-ring (bicyclic) bond motifs is 1. The predicted molar refractivity (Wildman–Crippen MR) is 101 cm³/mol. The van der Waals surface area contributed by atoms with Crippen molar-refractivity contribution in [3.8, 4) is 0 Å². The van der Waals surface area contributed by atoms with Gasteiger partial charge in [-0.25, -0.2) is 4.79 Å². The Morgan fingerprint density at radius 3 is 2.26 bits per heavy atom. The second-order valence-corrected chi connectivity index (χ2v) is 7.49. The molecule has 2 heterocycles. The van der Waals surface area contributed by atoms with E-state index < -0.39 is 30.3 Å². The fourth-order valence-electron chi connectivity index (χ4n) is 2.54. The van der Waals surface area contributed by atoms with Crippen LogP contribution in [0.15, 0.2) is 29.6 Å². The lowest BCUT2D eigenvalue weighted by atomic mass is 10.1. The molecule has 0 fully saturated rings. The molecular formula is C17H13Cl2N3O4S. The standard InChI is InChI=1S/C17H13Cl2N3O4S/c18-12-6-10-11(7-13(12)19)16(25)22(15(10)24)8-14(23)21-17(26)20-4-3-9-2-1-5-27-9/h1-2,5-7H,3-4,8H2,(H2,20,21,23,26). The zero-order chi connectivity index (χ0) is 19.6. The van der Waals surface area contributed by atoms with Crippen molar-refractivity contribution in [1.29, 1.82) is 0 Å². The summed E-state index contributed by atoms with van der Waals surface area (Å²) in [6.45, 7) is -0.233. The molecule has 0 atom stereocenters. The highest BCUT2D eigenvalue weighted by atomic mass is 35.5. The summed E-state index contributed by atoms with van der Waals surface area (Å²) < 4.78 is 0. The topological polar surface area (TPSA) is 95.6 Å². The summed E-state index contributed by atoms with van der Waals surface area (Å²) in [6, 6.07) is 5.73. The molecule has 3 rings (SSSR count). The van der Waals surface area contributed by atoms with E-state index >= 15 is 0 Å². The van der Waals surface area contributed by atoms with Crippen molar-refractivity contribution >= 4 is 58.3 Å². The van der Waals surface area contributed by atoms with Gasteiger partial charge in [-0.2, -0.15) is 0 Å². The summed E-state index contributed by atoms with van der Waals surface area (Å²) in [7, 11) is 0. The smallest absolute Gasteiger partial charge is 0.321 e. The highest BCUT2D eigenvalue weighted by Crippen LogP contribution is 2.31. The van der Waals surface area contributed by atoms with Crippen LogP contribution in [0.1, 0.15) is 25.6 Å². The molecule has 0 spiro atoms. The highest BCUT2D eigenvalue weighted by Gasteiger charge is 2.37. The van der Waals surface area contributed by atoms with Crippen LogP contribution in [0.25, 0.3) is 0 Å². The molecule has 0 saturated carbocycles. The number of rotatable bonds is 5. The highest BCUT2D eigenvalue weighted by molar-refractivity contribution is 7.09. The van der Waals surface area contributed by atoms with Crippen LogP contribution in [0.3, 0.4) is 0 Å². The maximum Gasteiger partial charge on any atom is 0.321 e. The normalized spacial score (nSPS) is 12.9. The van der Waals surface area contributed by atoms with Crippen LogP contribution in [0.4, 0.5) is 4.79 Å². The molecule has 0 bridgehead atoms. The van der Waals surface area contributed by atoms with Gasteiger partial charge in [-0.1, -0.05) is 29.3 Å². The van der Waals surface area contributed by atoms with Gasteiger partial charge in [0.15, 0.2) is 0 Å². The summed E-state index contributed by atoms with van der Waals surface area (Å²) in [4.78, 5) is 50.3. The summed E-state index contributed by atoms with van der Waals surface area (Å²) in [5.74, 6) is -2.11. The zero-order valence-corrected chi connectivity index (χ0v) is 16.1. The van der Waals surface area contributed by atoms with Crippen LogP contribution < -0.4 is 10.6 Å². The average molecular weight is 426 g/mol. The van der Waals surface area contributed by atoms with E-state index in [1.54, 1.807) is 11.3 Å². The van der Waals surface area contributed by atoms with E-state index in [1.165, 1.54) is 12.1 Å². The van der Waals surface area contributed by atoms with Crippen LogP contribution in [0.5, 0.6) is 0 Å². The van der Waals surface area contributed by atoms with Crippen LogP contribution in [0.2, 0.25) is 10.0 Å². The summed E-state index contributed by atoms with van der Waals surface area (Å²) >= 11 is 13.3. The number of carbonyl (C=O) groups is 4. The van der Waals surface area contributed by atoms with Crippen molar-refractivity contribution in [3.05, 3.63) is 55.7 Å². The quantitative estimate of drug-likeness (QED) is 0.719. The van der Waals surface area contributed by atoms with E-state index in [1.807, 2.05) is 17.5 Å². The lowest BCUT2D eigenvalue weighted by Crippen LogP contribution is -2.46. The third-order valence-electron chi connectivity index (χ3n) is 3.80. The lowest BCUT2D eigenvalue weighted by Gasteiger charge is -2.13. The molecule has 140 valence electrons. The minimum atomic E-state index is -0.782. The monoisotopic (exact) mass is 425 g/mol. The van der Waals surface area contributed by atoms with Crippen molar-refractivity contribution in [2.24, 2.45) is 0 Å². The van der Waals surface area contributed by atoms with Crippen molar-refractivity contribution < 1.29 is 19.2 Å². The fraction of sp³-hybridized carbons (Fsp3) is 0.176. The minimum absolute atomic E-state index is 0.0719. The first kappa shape index (κ1) is 19.3. The van der Waals surface area contributed by atoms with Crippen molar-refractivity contribution in [1.82, 2.24) is 15.5 Å². The molecule has 0 aliphatic carbocycles. The minimum Gasteiger partial charge on any atom is -0.337 e. The molecular weight excluding hydrogens is 413 g/mol. The molecule has 0 radical (unpaired) electrons. The number of nitrogens with one attached hydrogen (secondary N) is 2. The van der Waals surface area contributed by atoms with Crippen LogP contribution in [0, 0.1) is 0 Å².